The van der Waals surface area contributed by atoms with Crippen molar-refractivity contribution >= 4 is 13.8 Å². The molecule has 0 amide bonds. The molecule has 0 saturated carbocycles. The Hall–Kier alpha value is -0.500. The molecule has 0 rings (SSSR count). The van der Waals surface area contributed by atoms with Crippen LogP contribution in [0.4, 0.5) is 0 Å². The maximum absolute atomic E-state index is 12.2. The monoisotopic (exact) mass is 510 g/mol. The van der Waals surface area contributed by atoms with Gasteiger partial charge in [0.1, 0.15) is 19.3 Å². The first kappa shape index (κ1) is 33.5. The van der Waals surface area contributed by atoms with Gasteiger partial charge in [-0.25, -0.2) is 4.57 Å². The van der Waals surface area contributed by atoms with E-state index in [-0.39, 0.29) is 25.8 Å². The van der Waals surface area contributed by atoms with E-state index >= 15 is 0 Å². The number of quaternary nitrogens is 1. The SMILES string of the molecule is CCCCCCCCCCCOCC(COP(=O)(O)OCC[N+](C)(C)C)OC(=O)CCCCC. The molecule has 0 bridgehead atoms. The molecule has 0 spiro atoms. The van der Waals surface area contributed by atoms with Crippen molar-refractivity contribution in [2.75, 3.05) is 54.1 Å². The standard InChI is InChI=1S/C25H52NO7P/c1-6-8-10-11-12-13-14-15-17-20-30-22-24(33-25(27)18-16-9-7-2)23-32-34(28,29)31-21-19-26(3,4)5/h24H,6-23H2,1-5H3/p+1. The lowest BCUT2D eigenvalue weighted by Crippen LogP contribution is -2.37. The van der Waals surface area contributed by atoms with Gasteiger partial charge in [0.15, 0.2) is 0 Å². The maximum atomic E-state index is 12.2. The summed E-state index contributed by atoms with van der Waals surface area (Å²) >= 11 is 0. The largest absolute Gasteiger partial charge is 0.472 e. The number of carbonyl (C=O) groups is 1. The van der Waals surface area contributed by atoms with Crippen molar-refractivity contribution in [1.82, 2.24) is 0 Å². The van der Waals surface area contributed by atoms with Crippen molar-refractivity contribution in [1.29, 1.82) is 0 Å². The van der Waals surface area contributed by atoms with Gasteiger partial charge in [0.2, 0.25) is 0 Å². The molecule has 8 nitrogen and oxygen atoms in total. The fraction of sp³-hybridized carbons (Fsp3) is 0.960. The molecular formula is C25H53NO7P+. The lowest BCUT2D eigenvalue weighted by molar-refractivity contribution is -0.870. The number of unbranched alkanes of at least 4 members (excludes halogenated alkanes) is 10. The highest BCUT2D eigenvalue weighted by Gasteiger charge is 2.26. The Labute approximate surface area is 208 Å². The number of hydrogen-bond acceptors (Lipinski definition) is 6. The Balaban J connectivity index is 4.30. The Morgan fingerprint density at radius 1 is 0.794 bits per heavy atom. The van der Waals surface area contributed by atoms with E-state index in [0.717, 1.165) is 32.1 Å². The normalized spacial score (nSPS) is 14.6. The summed E-state index contributed by atoms with van der Waals surface area (Å²) < 4.78 is 34.1. The summed E-state index contributed by atoms with van der Waals surface area (Å²) in [6.07, 6.45) is 13.4. The van der Waals surface area contributed by atoms with E-state index in [1.807, 2.05) is 21.1 Å². The third-order valence-electron chi connectivity index (χ3n) is 5.42. The third kappa shape index (κ3) is 23.3. The number of likely N-dealkylation sites (N-methyl/N-ethyl adjacent to an activating group) is 1. The van der Waals surface area contributed by atoms with Crippen molar-refractivity contribution in [3.63, 3.8) is 0 Å². The molecule has 0 heterocycles. The molecule has 2 unspecified atom stereocenters. The zero-order valence-electron chi connectivity index (χ0n) is 22.6. The number of hydrogen-bond donors (Lipinski definition) is 1. The molecule has 34 heavy (non-hydrogen) atoms. The molecule has 0 aromatic carbocycles. The zero-order valence-corrected chi connectivity index (χ0v) is 23.5. The fourth-order valence-corrected chi connectivity index (χ4v) is 4.00. The highest BCUT2D eigenvalue weighted by Crippen LogP contribution is 2.43. The minimum Gasteiger partial charge on any atom is -0.457 e. The number of phosphoric acid groups is 1. The van der Waals surface area contributed by atoms with Gasteiger partial charge in [-0.3, -0.25) is 13.8 Å². The van der Waals surface area contributed by atoms with Gasteiger partial charge in [-0.05, 0) is 12.8 Å². The minimum atomic E-state index is -4.23. The molecule has 0 aromatic heterocycles. The Morgan fingerprint density at radius 2 is 1.35 bits per heavy atom. The number of ether oxygens (including phenoxy) is 2. The second-order valence-corrected chi connectivity index (χ2v) is 11.5. The predicted molar refractivity (Wildman–Crippen MR) is 137 cm³/mol. The first-order valence-electron chi connectivity index (χ1n) is 13.3. The minimum absolute atomic E-state index is 0.0911. The van der Waals surface area contributed by atoms with Crippen molar-refractivity contribution in [2.24, 2.45) is 0 Å². The fourth-order valence-electron chi connectivity index (χ4n) is 3.25. The van der Waals surface area contributed by atoms with Crippen molar-refractivity contribution in [2.45, 2.75) is 103 Å². The summed E-state index contributed by atoms with van der Waals surface area (Å²) in [5.41, 5.74) is 0. The van der Waals surface area contributed by atoms with Gasteiger partial charge >= 0.3 is 13.8 Å². The Morgan fingerprint density at radius 3 is 1.94 bits per heavy atom. The molecule has 204 valence electrons. The van der Waals surface area contributed by atoms with Gasteiger partial charge in [0.25, 0.3) is 0 Å². The van der Waals surface area contributed by atoms with Crippen LogP contribution in [0.15, 0.2) is 0 Å². The quantitative estimate of drug-likeness (QED) is 0.0752. The van der Waals surface area contributed by atoms with E-state index in [9.17, 15) is 14.3 Å². The molecule has 0 aliphatic heterocycles. The van der Waals surface area contributed by atoms with Crippen LogP contribution in [0.1, 0.15) is 97.3 Å². The molecule has 0 aromatic rings. The van der Waals surface area contributed by atoms with Gasteiger partial charge in [0, 0.05) is 13.0 Å². The number of carbonyl (C=O) groups excluding carboxylic acids is 1. The second kappa shape index (κ2) is 20.7. The molecule has 1 N–H and O–H groups in total. The maximum Gasteiger partial charge on any atom is 0.472 e. The van der Waals surface area contributed by atoms with Crippen LogP contribution in [-0.4, -0.2) is 75.6 Å². The van der Waals surface area contributed by atoms with Gasteiger partial charge in [0.05, 0.1) is 34.4 Å². The lowest BCUT2D eigenvalue weighted by Gasteiger charge is -2.24. The Bertz CT molecular complexity index is 540. The van der Waals surface area contributed by atoms with Crippen LogP contribution in [0.25, 0.3) is 0 Å². The summed E-state index contributed by atoms with van der Waals surface area (Å²) in [6.45, 7) is 5.41. The van der Waals surface area contributed by atoms with Crippen LogP contribution in [0.5, 0.6) is 0 Å². The van der Waals surface area contributed by atoms with Crippen LogP contribution >= 0.6 is 7.82 Å². The first-order valence-corrected chi connectivity index (χ1v) is 14.8. The number of rotatable bonds is 24. The van der Waals surface area contributed by atoms with Crippen molar-refractivity contribution < 1.29 is 37.3 Å². The van der Waals surface area contributed by atoms with Crippen molar-refractivity contribution in [3.05, 3.63) is 0 Å². The molecule has 0 fully saturated rings. The van der Waals surface area contributed by atoms with E-state index < -0.39 is 13.9 Å². The molecule has 0 aliphatic carbocycles. The van der Waals surface area contributed by atoms with Crippen LogP contribution in [0.2, 0.25) is 0 Å². The number of phosphoric ester groups is 1. The molecule has 0 aliphatic rings. The zero-order chi connectivity index (χ0) is 25.7. The third-order valence-corrected chi connectivity index (χ3v) is 6.40. The van der Waals surface area contributed by atoms with Gasteiger partial charge in [-0.15, -0.1) is 0 Å². The summed E-state index contributed by atoms with van der Waals surface area (Å²) in [5.74, 6) is -0.340. The van der Waals surface area contributed by atoms with Crippen LogP contribution in [-0.2, 0) is 27.9 Å². The predicted octanol–water partition coefficient (Wildman–Crippen LogP) is 5.87. The first-order chi connectivity index (χ1) is 16.1. The van der Waals surface area contributed by atoms with Gasteiger partial charge < -0.3 is 18.9 Å². The highest BCUT2D eigenvalue weighted by molar-refractivity contribution is 7.47. The smallest absolute Gasteiger partial charge is 0.457 e. The lowest BCUT2D eigenvalue weighted by atomic mass is 10.1. The summed E-state index contributed by atoms with van der Waals surface area (Å²) in [4.78, 5) is 22.1. The second-order valence-electron chi connectivity index (χ2n) is 10.1. The highest BCUT2D eigenvalue weighted by atomic mass is 31.2. The Kier molecular flexibility index (Phi) is 20.4. The van der Waals surface area contributed by atoms with Gasteiger partial charge in [-0.2, -0.15) is 0 Å². The molecule has 0 radical (unpaired) electrons. The van der Waals surface area contributed by atoms with Crippen LogP contribution in [0.3, 0.4) is 0 Å². The number of nitrogens with zero attached hydrogens (tertiary/aromatic N) is 1. The molecular weight excluding hydrogens is 457 g/mol. The van der Waals surface area contributed by atoms with E-state index in [0.29, 0.717) is 24.1 Å². The van der Waals surface area contributed by atoms with E-state index in [2.05, 4.69) is 13.8 Å². The average Bonchev–Trinajstić information content (AvgIpc) is 2.74. The van der Waals surface area contributed by atoms with E-state index in [4.69, 9.17) is 18.5 Å². The van der Waals surface area contributed by atoms with Crippen molar-refractivity contribution in [3.8, 4) is 0 Å². The summed E-state index contributed by atoms with van der Waals surface area (Å²) in [5, 5.41) is 0. The van der Waals surface area contributed by atoms with Gasteiger partial charge in [-0.1, -0.05) is 78.1 Å². The average molecular weight is 511 g/mol. The van der Waals surface area contributed by atoms with E-state index in [1.165, 1.54) is 44.9 Å². The topological polar surface area (TPSA) is 91.3 Å². The van der Waals surface area contributed by atoms with Crippen LogP contribution < -0.4 is 0 Å². The molecule has 2 atom stereocenters. The summed E-state index contributed by atoms with van der Waals surface area (Å²) in [7, 11) is 1.66. The van der Waals surface area contributed by atoms with E-state index in [1.54, 1.807) is 0 Å². The van der Waals surface area contributed by atoms with Crippen LogP contribution in [0, 0.1) is 0 Å². The molecule has 9 heteroatoms. The number of esters is 1. The molecule has 0 saturated heterocycles. The summed E-state index contributed by atoms with van der Waals surface area (Å²) in [6, 6.07) is 0.